The fourth-order valence-electron chi connectivity index (χ4n) is 4.35. The number of aliphatic carboxylic acids is 1. The number of urea groups is 1. The van der Waals surface area contributed by atoms with Gasteiger partial charge in [0.25, 0.3) is 5.91 Å². The zero-order valence-electron chi connectivity index (χ0n) is 20.4. The fraction of sp³-hybridized carbons (Fsp3) is 0.250. The standard InChI is InChI=1S/C28H29N3O5/c1-4-17(2)25(27(33)34)31-16-20-6-5-19(15-24(20)26(31)32)18-7-9-21(10-8-18)29-28(35)30-22-11-13-23(36-3)14-12-22/h5-15,17,25H,4,16H2,1-3H3,(H,33,34)(H2,29,30,35). The Hall–Kier alpha value is -4.33. The molecule has 0 aromatic heterocycles. The molecule has 3 amide bonds. The van der Waals surface area contributed by atoms with Crippen molar-refractivity contribution >= 4 is 29.3 Å². The molecule has 0 aliphatic carbocycles. The van der Waals surface area contributed by atoms with Crippen LogP contribution in [-0.2, 0) is 11.3 Å². The lowest BCUT2D eigenvalue weighted by Crippen LogP contribution is -2.45. The summed E-state index contributed by atoms with van der Waals surface area (Å²) in [6.07, 6.45) is 0.668. The van der Waals surface area contributed by atoms with Gasteiger partial charge in [-0.25, -0.2) is 9.59 Å². The van der Waals surface area contributed by atoms with Crippen LogP contribution in [0.5, 0.6) is 5.75 Å². The Bertz CT molecular complexity index is 1270. The monoisotopic (exact) mass is 487 g/mol. The molecule has 0 saturated carbocycles. The van der Waals surface area contributed by atoms with Crippen LogP contribution in [0, 0.1) is 5.92 Å². The summed E-state index contributed by atoms with van der Waals surface area (Å²) in [6.45, 7) is 4.07. The molecule has 0 spiro atoms. The van der Waals surface area contributed by atoms with Crippen molar-refractivity contribution in [1.82, 2.24) is 4.90 Å². The summed E-state index contributed by atoms with van der Waals surface area (Å²) in [4.78, 5) is 38.8. The zero-order valence-corrected chi connectivity index (χ0v) is 20.4. The number of carboxylic acids is 1. The maximum absolute atomic E-state index is 13.1. The van der Waals surface area contributed by atoms with E-state index >= 15 is 0 Å². The Balaban J connectivity index is 1.45. The van der Waals surface area contributed by atoms with Crippen LogP contribution in [0.15, 0.2) is 66.7 Å². The topological polar surface area (TPSA) is 108 Å². The van der Waals surface area contributed by atoms with E-state index in [1.54, 1.807) is 43.5 Å². The zero-order chi connectivity index (χ0) is 25.8. The van der Waals surface area contributed by atoms with Gasteiger partial charge in [-0.05, 0) is 65.1 Å². The maximum atomic E-state index is 13.1. The summed E-state index contributed by atoms with van der Waals surface area (Å²) in [5, 5.41) is 15.3. The second-order valence-corrected chi connectivity index (χ2v) is 8.86. The quantitative estimate of drug-likeness (QED) is 0.391. The first-order valence-corrected chi connectivity index (χ1v) is 11.8. The first-order chi connectivity index (χ1) is 17.3. The third-order valence-corrected chi connectivity index (χ3v) is 6.54. The van der Waals surface area contributed by atoms with Crippen LogP contribution in [0.3, 0.4) is 0 Å². The number of rotatable bonds is 8. The number of ether oxygens (including phenoxy) is 1. The van der Waals surface area contributed by atoms with Gasteiger partial charge in [0.2, 0.25) is 0 Å². The van der Waals surface area contributed by atoms with Gasteiger partial charge in [-0.2, -0.15) is 0 Å². The molecule has 0 radical (unpaired) electrons. The molecular weight excluding hydrogens is 458 g/mol. The van der Waals surface area contributed by atoms with Crippen molar-refractivity contribution in [1.29, 1.82) is 0 Å². The van der Waals surface area contributed by atoms with Gasteiger partial charge < -0.3 is 25.4 Å². The molecule has 0 bridgehead atoms. The van der Waals surface area contributed by atoms with Crippen LogP contribution in [0.4, 0.5) is 16.2 Å². The first kappa shape index (κ1) is 24.8. The lowest BCUT2D eigenvalue weighted by Gasteiger charge is -2.28. The summed E-state index contributed by atoms with van der Waals surface area (Å²) < 4.78 is 5.11. The van der Waals surface area contributed by atoms with E-state index in [-0.39, 0.29) is 17.9 Å². The average molecular weight is 488 g/mol. The Kier molecular flexibility index (Phi) is 7.24. The van der Waals surface area contributed by atoms with E-state index in [1.165, 1.54) is 4.90 Å². The number of hydrogen-bond donors (Lipinski definition) is 3. The third-order valence-electron chi connectivity index (χ3n) is 6.54. The lowest BCUT2D eigenvalue weighted by molar-refractivity contribution is -0.144. The fourth-order valence-corrected chi connectivity index (χ4v) is 4.35. The van der Waals surface area contributed by atoms with Crippen LogP contribution >= 0.6 is 0 Å². The summed E-state index contributed by atoms with van der Waals surface area (Å²) in [7, 11) is 1.58. The molecule has 2 atom stereocenters. The van der Waals surface area contributed by atoms with Crippen LogP contribution < -0.4 is 15.4 Å². The molecule has 8 nitrogen and oxygen atoms in total. The maximum Gasteiger partial charge on any atom is 0.326 e. The second-order valence-electron chi connectivity index (χ2n) is 8.86. The molecule has 0 fully saturated rings. The summed E-state index contributed by atoms with van der Waals surface area (Å²) >= 11 is 0. The number of benzene rings is 3. The molecule has 0 saturated heterocycles. The highest BCUT2D eigenvalue weighted by Gasteiger charge is 2.38. The largest absolute Gasteiger partial charge is 0.497 e. The van der Waals surface area contributed by atoms with Crippen molar-refractivity contribution in [2.75, 3.05) is 17.7 Å². The molecule has 4 rings (SSSR count). The van der Waals surface area contributed by atoms with Crippen molar-refractivity contribution < 1.29 is 24.2 Å². The molecular formula is C28H29N3O5. The summed E-state index contributed by atoms with van der Waals surface area (Å²) in [5.74, 6) is -0.685. The smallest absolute Gasteiger partial charge is 0.326 e. The Morgan fingerprint density at radius 1 is 0.972 bits per heavy atom. The van der Waals surface area contributed by atoms with E-state index < -0.39 is 12.0 Å². The molecule has 3 aromatic carbocycles. The summed E-state index contributed by atoms with van der Waals surface area (Å²) in [6, 6.07) is 18.7. The summed E-state index contributed by atoms with van der Waals surface area (Å²) in [5.41, 5.74) is 4.33. The second kappa shape index (κ2) is 10.5. The van der Waals surface area contributed by atoms with Crippen LogP contribution in [-0.4, -0.2) is 41.1 Å². The van der Waals surface area contributed by atoms with Crippen LogP contribution in [0.1, 0.15) is 36.2 Å². The molecule has 1 aliphatic rings. The molecule has 3 aromatic rings. The number of carboxylic acid groups (broad SMARTS) is 1. The highest BCUT2D eigenvalue weighted by Crippen LogP contribution is 2.32. The van der Waals surface area contributed by atoms with Crippen LogP contribution in [0.2, 0.25) is 0 Å². The predicted octanol–water partition coefficient (Wildman–Crippen LogP) is 5.46. The number of hydrogen-bond acceptors (Lipinski definition) is 4. The van der Waals surface area contributed by atoms with Crippen molar-refractivity contribution in [3.8, 4) is 16.9 Å². The van der Waals surface area contributed by atoms with Gasteiger partial charge in [-0.3, -0.25) is 4.79 Å². The highest BCUT2D eigenvalue weighted by molar-refractivity contribution is 6.02. The number of nitrogens with zero attached hydrogens (tertiary/aromatic N) is 1. The molecule has 3 N–H and O–H groups in total. The third kappa shape index (κ3) is 5.17. The SMILES string of the molecule is CCC(C)C(C(=O)O)N1Cc2ccc(-c3ccc(NC(=O)Nc4ccc(OC)cc4)cc3)cc2C1=O. The molecule has 1 heterocycles. The molecule has 1 aliphatic heterocycles. The molecule has 36 heavy (non-hydrogen) atoms. The minimum absolute atomic E-state index is 0.151. The van der Waals surface area contributed by atoms with E-state index in [9.17, 15) is 19.5 Å². The number of nitrogens with one attached hydrogen (secondary N) is 2. The van der Waals surface area contributed by atoms with E-state index in [1.807, 2.05) is 44.2 Å². The van der Waals surface area contributed by atoms with Gasteiger partial charge >= 0.3 is 12.0 Å². The van der Waals surface area contributed by atoms with E-state index in [4.69, 9.17) is 4.74 Å². The normalized spacial score (nSPS) is 14.1. The Labute approximate surface area is 209 Å². The van der Waals surface area contributed by atoms with Gasteiger partial charge in [0, 0.05) is 23.5 Å². The van der Waals surface area contributed by atoms with Crippen LogP contribution in [0.25, 0.3) is 11.1 Å². The van der Waals surface area contributed by atoms with E-state index in [2.05, 4.69) is 10.6 Å². The Morgan fingerprint density at radius 3 is 2.11 bits per heavy atom. The van der Waals surface area contributed by atoms with Crippen molar-refractivity contribution in [2.24, 2.45) is 5.92 Å². The van der Waals surface area contributed by atoms with E-state index in [0.29, 0.717) is 35.7 Å². The number of fused-ring (bicyclic) bond motifs is 1. The van der Waals surface area contributed by atoms with Gasteiger partial charge in [-0.15, -0.1) is 0 Å². The minimum atomic E-state index is -0.982. The highest BCUT2D eigenvalue weighted by atomic mass is 16.5. The number of amides is 3. The number of anilines is 2. The van der Waals surface area contributed by atoms with Crippen molar-refractivity contribution in [3.05, 3.63) is 77.9 Å². The molecule has 2 unspecified atom stereocenters. The molecule has 186 valence electrons. The van der Waals surface area contributed by atoms with Gasteiger partial charge in [0.05, 0.1) is 7.11 Å². The van der Waals surface area contributed by atoms with Gasteiger partial charge in [-0.1, -0.05) is 44.5 Å². The molecule has 8 heteroatoms. The Morgan fingerprint density at radius 2 is 1.56 bits per heavy atom. The minimum Gasteiger partial charge on any atom is -0.497 e. The van der Waals surface area contributed by atoms with Crippen molar-refractivity contribution in [3.63, 3.8) is 0 Å². The number of methoxy groups -OCH3 is 1. The predicted molar refractivity (Wildman–Crippen MR) is 138 cm³/mol. The van der Waals surface area contributed by atoms with E-state index in [0.717, 1.165) is 16.7 Å². The number of carbonyl (C=O) groups excluding carboxylic acids is 2. The lowest BCUT2D eigenvalue weighted by atomic mass is 9.98. The van der Waals surface area contributed by atoms with Crippen molar-refractivity contribution in [2.45, 2.75) is 32.9 Å². The average Bonchev–Trinajstić information content (AvgIpc) is 3.19. The first-order valence-electron chi connectivity index (χ1n) is 11.8. The van der Waals surface area contributed by atoms with Gasteiger partial charge in [0.15, 0.2) is 0 Å². The van der Waals surface area contributed by atoms with Gasteiger partial charge in [0.1, 0.15) is 11.8 Å². The number of carbonyl (C=O) groups is 3.